The largest absolute Gasteiger partial charge is 0.492 e. The summed E-state index contributed by atoms with van der Waals surface area (Å²) in [6, 6.07) is 17.3. The van der Waals surface area contributed by atoms with Crippen molar-refractivity contribution in [3.05, 3.63) is 60.2 Å². The van der Waals surface area contributed by atoms with Crippen LogP contribution in [0.1, 0.15) is 19.4 Å². The van der Waals surface area contributed by atoms with E-state index in [4.69, 9.17) is 9.47 Å². The molecule has 0 spiro atoms. The highest BCUT2D eigenvalue weighted by atomic mass is 16.5. The van der Waals surface area contributed by atoms with Crippen LogP contribution in [0.5, 0.6) is 11.5 Å². The molecule has 0 aliphatic rings. The van der Waals surface area contributed by atoms with Crippen molar-refractivity contribution in [2.24, 2.45) is 0 Å². The number of carbonyl (C=O) groups excluding carboxylic acids is 1. The number of carbonyl (C=O) groups is 1. The average molecular weight is 313 g/mol. The lowest BCUT2D eigenvalue weighted by molar-refractivity contribution is -0.127. The highest BCUT2D eigenvalue weighted by Crippen LogP contribution is 2.19. The van der Waals surface area contributed by atoms with Crippen molar-refractivity contribution in [2.45, 2.75) is 26.4 Å². The molecule has 4 heteroatoms. The van der Waals surface area contributed by atoms with Crippen LogP contribution in [0.2, 0.25) is 0 Å². The van der Waals surface area contributed by atoms with Crippen LogP contribution in [0.4, 0.5) is 0 Å². The van der Waals surface area contributed by atoms with Gasteiger partial charge in [0, 0.05) is 0 Å². The lowest BCUT2D eigenvalue weighted by Crippen LogP contribution is -2.38. The zero-order valence-electron chi connectivity index (χ0n) is 13.6. The van der Waals surface area contributed by atoms with Gasteiger partial charge in [0.25, 0.3) is 5.91 Å². The van der Waals surface area contributed by atoms with E-state index in [2.05, 4.69) is 12.2 Å². The van der Waals surface area contributed by atoms with Crippen molar-refractivity contribution in [3.8, 4) is 11.5 Å². The molecule has 2 aromatic carbocycles. The number of amides is 1. The Labute approximate surface area is 137 Å². The van der Waals surface area contributed by atoms with E-state index in [0.29, 0.717) is 13.2 Å². The minimum atomic E-state index is -0.542. The zero-order chi connectivity index (χ0) is 16.5. The van der Waals surface area contributed by atoms with E-state index in [9.17, 15) is 4.79 Å². The van der Waals surface area contributed by atoms with Gasteiger partial charge in [-0.3, -0.25) is 4.79 Å². The van der Waals surface area contributed by atoms with E-state index in [1.54, 1.807) is 6.92 Å². The van der Waals surface area contributed by atoms with Crippen molar-refractivity contribution in [1.29, 1.82) is 0 Å². The number of hydrogen-bond acceptors (Lipinski definition) is 3. The predicted octanol–water partition coefficient (Wildman–Crippen LogP) is 3.21. The molecular formula is C19H23NO3. The Morgan fingerprint density at radius 2 is 1.78 bits per heavy atom. The molecule has 0 unspecified atom stereocenters. The Morgan fingerprint density at radius 1 is 1.09 bits per heavy atom. The molecule has 0 radical (unpaired) electrons. The predicted molar refractivity (Wildman–Crippen MR) is 90.9 cm³/mol. The highest BCUT2D eigenvalue weighted by Gasteiger charge is 2.15. The highest BCUT2D eigenvalue weighted by molar-refractivity contribution is 5.80. The second kappa shape index (κ2) is 8.83. The van der Waals surface area contributed by atoms with E-state index in [1.165, 1.54) is 0 Å². The number of hydrogen-bond donors (Lipinski definition) is 1. The fourth-order valence-corrected chi connectivity index (χ4v) is 2.16. The molecule has 0 saturated heterocycles. The van der Waals surface area contributed by atoms with Crippen LogP contribution >= 0.6 is 0 Å². The SMILES string of the molecule is CCc1ccccc1O[C@@H](C)C(=O)NCCOc1ccccc1. The Hall–Kier alpha value is -2.49. The van der Waals surface area contributed by atoms with Crippen LogP contribution in [-0.4, -0.2) is 25.2 Å². The van der Waals surface area contributed by atoms with Crippen LogP contribution in [0.25, 0.3) is 0 Å². The summed E-state index contributed by atoms with van der Waals surface area (Å²) >= 11 is 0. The van der Waals surface area contributed by atoms with Crippen molar-refractivity contribution >= 4 is 5.91 Å². The van der Waals surface area contributed by atoms with E-state index in [1.807, 2.05) is 54.6 Å². The minimum Gasteiger partial charge on any atom is -0.492 e. The molecule has 0 aliphatic heterocycles. The Morgan fingerprint density at radius 3 is 2.52 bits per heavy atom. The molecule has 0 aromatic heterocycles. The number of benzene rings is 2. The van der Waals surface area contributed by atoms with Gasteiger partial charge in [0.1, 0.15) is 18.1 Å². The van der Waals surface area contributed by atoms with E-state index in [-0.39, 0.29) is 5.91 Å². The van der Waals surface area contributed by atoms with E-state index in [0.717, 1.165) is 23.5 Å². The molecule has 0 bridgehead atoms. The molecule has 23 heavy (non-hydrogen) atoms. The third-order valence-electron chi connectivity index (χ3n) is 3.44. The van der Waals surface area contributed by atoms with Gasteiger partial charge in [0.15, 0.2) is 6.10 Å². The monoisotopic (exact) mass is 313 g/mol. The van der Waals surface area contributed by atoms with Crippen molar-refractivity contribution in [1.82, 2.24) is 5.32 Å². The van der Waals surface area contributed by atoms with Gasteiger partial charge in [0.05, 0.1) is 6.54 Å². The molecule has 1 N–H and O–H groups in total. The van der Waals surface area contributed by atoms with Gasteiger partial charge in [-0.25, -0.2) is 0 Å². The summed E-state index contributed by atoms with van der Waals surface area (Å²) < 4.78 is 11.3. The standard InChI is InChI=1S/C19H23NO3/c1-3-16-9-7-8-12-18(16)23-15(2)19(21)20-13-14-22-17-10-5-4-6-11-17/h4-12,15H,3,13-14H2,1-2H3,(H,20,21)/t15-/m0/s1. The first-order valence-corrected chi connectivity index (χ1v) is 7.91. The van der Waals surface area contributed by atoms with Gasteiger partial charge in [0.2, 0.25) is 0 Å². The Balaban J connectivity index is 1.74. The molecule has 122 valence electrons. The molecule has 1 atom stereocenters. The van der Waals surface area contributed by atoms with Crippen LogP contribution in [0.15, 0.2) is 54.6 Å². The zero-order valence-corrected chi connectivity index (χ0v) is 13.6. The molecule has 4 nitrogen and oxygen atoms in total. The Bertz CT molecular complexity index is 613. The first kappa shape index (κ1) is 16.9. The maximum atomic E-state index is 12.1. The molecule has 0 aliphatic carbocycles. The maximum absolute atomic E-state index is 12.1. The van der Waals surface area contributed by atoms with Crippen LogP contribution in [0.3, 0.4) is 0 Å². The summed E-state index contributed by atoms with van der Waals surface area (Å²) in [4.78, 5) is 12.1. The summed E-state index contributed by atoms with van der Waals surface area (Å²) in [6.45, 7) is 4.68. The quantitative estimate of drug-likeness (QED) is 0.761. The minimum absolute atomic E-state index is 0.146. The third kappa shape index (κ3) is 5.33. The molecule has 0 fully saturated rings. The first-order valence-electron chi connectivity index (χ1n) is 7.91. The number of ether oxygens (including phenoxy) is 2. The summed E-state index contributed by atoms with van der Waals surface area (Å²) in [5.41, 5.74) is 1.10. The van der Waals surface area contributed by atoms with Gasteiger partial charge in [-0.2, -0.15) is 0 Å². The summed E-state index contributed by atoms with van der Waals surface area (Å²) in [6.07, 6.45) is 0.328. The van der Waals surface area contributed by atoms with Crippen molar-refractivity contribution < 1.29 is 14.3 Å². The maximum Gasteiger partial charge on any atom is 0.260 e. The second-order valence-electron chi connectivity index (χ2n) is 5.17. The molecule has 2 rings (SSSR count). The van der Waals surface area contributed by atoms with Crippen molar-refractivity contribution in [3.63, 3.8) is 0 Å². The molecule has 2 aromatic rings. The van der Waals surface area contributed by atoms with Gasteiger partial charge >= 0.3 is 0 Å². The summed E-state index contributed by atoms with van der Waals surface area (Å²) in [5, 5.41) is 2.82. The fourth-order valence-electron chi connectivity index (χ4n) is 2.16. The number of para-hydroxylation sites is 2. The molecule has 1 amide bonds. The average Bonchev–Trinajstić information content (AvgIpc) is 2.60. The lowest BCUT2D eigenvalue weighted by atomic mass is 10.1. The van der Waals surface area contributed by atoms with E-state index < -0.39 is 6.10 Å². The van der Waals surface area contributed by atoms with Gasteiger partial charge in [-0.15, -0.1) is 0 Å². The fraction of sp³-hybridized carbons (Fsp3) is 0.316. The Kier molecular flexibility index (Phi) is 6.48. The lowest BCUT2D eigenvalue weighted by Gasteiger charge is -2.17. The summed E-state index contributed by atoms with van der Waals surface area (Å²) in [7, 11) is 0. The van der Waals surface area contributed by atoms with E-state index >= 15 is 0 Å². The van der Waals surface area contributed by atoms with Crippen LogP contribution < -0.4 is 14.8 Å². The second-order valence-corrected chi connectivity index (χ2v) is 5.17. The topological polar surface area (TPSA) is 47.6 Å². The van der Waals surface area contributed by atoms with Gasteiger partial charge in [-0.05, 0) is 37.1 Å². The van der Waals surface area contributed by atoms with Gasteiger partial charge < -0.3 is 14.8 Å². The van der Waals surface area contributed by atoms with Crippen LogP contribution in [-0.2, 0) is 11.2 Å². The number of nitrogens with one attached hydrogen (secondary N) is 1. The number of rotatable bonds is 8. The van der Waals surface area contributed by atoms with Crippen molar-refractivity contribution in [2.75, 3.05) is 13.2 Å². The van der Waals surface area contributed by atoms with Gasteiger partial charge in [-0.1, -0.05) is 43.3 Å². The smallest absolute Gasteiger partial charge is 0.260 e. The first-order chi connectivity index (χ1) is 11.2. The normalized spacial score (nSPS) is 11.6. The summed E-state index contributed by atoms with van der Waals surface area (Å²) in [5.74, 6) is 1.41. The number of aryl methyl sites for hydroxylation is 1. The van der Waals surface area contributed by atoms with Crippen LogP contribution in [0, 0.1) is 0 Å². The third-order valence-corrected chi connectivity index (χ3v) is 3.44. The molecule has 0 saturated carbocycles. The molecule has 0 heterocycles. The molecular weight excluding hydrogens is 290 g/mol.